The lowest BCUT2D eigenvalue weighted by Crippen LogP contribution is -2.31. The van der Waals surface area contributed by atoms with Crippen molar-refractivity contribution in [2.45, 2.75) is 52.9 Å². The van der Waals surface area contributed by atoms with E-state index in [0.717, 1.165) is 17.2 Å². The van der Waals surface area contributed by atoms with Crippen molar-refractivity contribution in [3.05, 3.63) is 63.3 Å². The molecule has 0 radical (unpaired) electrons. The Kier molecular flexibility index (Phi) is 7.79. The molecule has 28 heavy (non-hydrogen) atoms. The van der Waals surface area contributed by atoms with E-state index in [0.29, 0.717) is 37.3 Å². The van der Waals surface area contributed by atoms with Crippen molar-refractivity contribution in [1.82, 2.24) is 14.9 Å². The Balaban J connectivity index is 0.000000500. The quantitative estimate of drug-likeness (QED) is 0.834. The zero-order valence-electron chi connectivity index (χ0n) is 17.2. The van der Waals surface area contributed by atoms with Crippen LogP contribution in [0, 0.1) is 5.92 Å². The van der Waals surface area contributed by atoms with Gasteiger partial charge in [-0.05, 0) is 17.9 Å². The summed E-state index contributed by atoms with van der Waals surface area (Å²) in [5, 5.41) is 9.12. The van der Waals surface area contributed by atoms with Crippen LogP contribution < -0.4 is 5.56 Å². The van der Waals surface area contributed by atoms with Gasteiger partial charge in [0.15, 0.2) is 0 Å². The molecule has 1 aliphatic heterocycles. The molecule has 0 spiro atoms. The highest BCUT2D eigenvalue weighted by Crippen LogP contribution is 2.21. The molecule has 0 saturated heterocycles. The minimum atomic E-state index is -0.952. The molecule has 1 atom stereocenters. The first-order chi connectivity index (χ1) is 13.3. The molecule has 2 N–H and O–H groups in total. The number of rotatable bonds is 3. The number of carboxylic acid groups (broad SMARTS) is 1. The predicted molar refractivity (Wildman–Crippen MR) is 111 cm³/mol. The number of amides is 1. The molecule has 0 fully saturated rings. The molecule has 0 aliphatic carbocycles. The van der Waals surface area contributed by atoms with Gasteiger partial charge in [-0.15, -0.1) is 0 Å². The van der Waals surface area contributed by atoms with Crippen molar-refractivity contribution >= 4 is 6.09 Å². The maximum absolute atomic E-state index is 12.4. The fourth-order valence-electron chi connectivity index (χ4n) is 2.92. The molecule has 1 unspecified atom stereocenters. The van der Waals surface area contributed by atoms with E-state index in [-0.39, 0.29) is 11.5 Å². The number of nitrogens with zero attached hydrogens (tertiary/aromatic N) is 2. The van der Waals surface area contributed by atoms with Crippen molar-refractivity contribution in [3.8, 4) is 0 Å². The van der Waals surface area contributed by atoms with Crippen molar-refractivity contribution < 1.29 is 9.90 Å². The van der Waals surface area contributed by atoms with Crippen molar-refractivity contribution in [1.29, 1.82) is 0 Å². The minimum absolute atomic E-state index is 0.0203. The number of aromatic nitrogens is 2. The smallest absolute Gasteiger partial charge is 0.407 e. The number of H-pyrrole nitrogens is 1. The third-order valence-corrected chi connectivity index (χ3v) is 5.17. The van der Waals surface area contributed by atoms with Crippen LogP contribution in [0.4, 0.5) is 4.79 Å². The Morgan fingerprint density at radius 2 is 1.79 bits per heavy atom. The third-order valence-electron chi connectivity index (χ3n) is 5.17. The summed E-state index contributed by atoms with van der Waals surface area (Å²) in [6.45, 7) is 9.35. The van der Waals surface area contributed by atoms with Crippen LogP contribution in [0.25, 0.3) is 0 Å². The summed E-state index contributed by atoms with van der Waals surface area (Å²) in [5.41, 5.74) is 2.25. The lowest BCUT2D eigenvalue weighted by Gasteiger charge is -2.14. The first-order valence-electron chi connectivity index (χ1n) is 9.98. The maximum atomic E-state index is 12.4. The molecule has 1 amide bonds. The van der Waals surface area contributed by atoms with Gasteiger partial charge in [0.1, 0.15) is 5.82 Å². The molecule has 0 bridgehead atoms. The predicted octanol–water partition coefficient (Wildman–Crippen LogP) is 4.05. The molecule has 152 valence electrons. The molecule has 0 saturated carbocycles. The summed E-state index contributed by atoms with van der Waals surface area (Å²) in [6.07, 6.45) is 1.23. The summed E-state index contributed by atoms with van der Waals surface area (Å²) >= 11 is 0. The Labute approximate surface area is 166 Å². The molecule has 1 aromatic heterocycles. The molecule has 3 rings (SSSR count). The fourth-order valence-corrected chi connectivity index (χ4v) is 2.92. The number of nitrogens with one attached hydrogen (secondary N) is 1. The Morgan fingerprint density at radius 1 is 1.18 bits per heavy atom. The molecule has 2 heterocycles. The van der Waals surface area contributed by atoms with Crippen LogP contribution in [0.3, 0.4) is 0 Å². The fraction of sp³-hybridized carbons (Fsp3) is 0.500. The summed E-state index contributed by atoms with van der Waals surface area (Å²) in [4.78, 5) is 32.3. The normalized spacial score (nSPS) is 14.5. The summed E-state index contributed by atoms with van der Waals surface area (Å²) in [5.74, 6) is 1.49. The number of benzene rings is 1. The summed E-state index contributed by atoms with van der Waals surface area (Å²) in [7, 11) is 0. The highest BCUT2D eigenvalue weighted by atomic mass is 16.4. The number of aromatic amines is 1. The van der Waals surface area contributed by atoms with Gasteiger partial charge in [-0.3, -0.25) is 4.79 Å². The van der Waals surface area contributed by atoms with Gasteiger partial charge < -0.3 is 15.0 Å². The van der Waals surface area contributed by atoms with Gasteiger partial charge in [-0.2, -0.15) is 0 Å². The van der Waals surface area contributed by atoms with Crippen LogP contribution in [0.2, 0.25) is 0 Å². The number of fused-ring (bicyclic) bond motifs is 1. The van der Waals surface area contributed by atoms with Gasteiger partial charge in [0, 0.05) is 31.0 Å². The topological polar surface area (TPSA) is 86.3 Å². The van der Waals surface area contributed by atoms with Crippen LogP contribution >= 0.6 is 0 Å². The first kappa shape index (κ1) is 21.7. The Bertz CT molecular complexity index is 831. The van der Waals surface area contributed by atoms with Crippen molar-refractivity contribution in [3.63, 3.8) is 0 Å². The van der Waals surface area contributed by atoms with E-state index >= 15 is 0 Å². The molecule has 1 aromatic carbocycles. The van der Waals surface area contributed by atoms with E-state index in [1.807, 2.05) is 37.3 Å². The van der Waals surface area contributed by atoms with E-state index in [1.54, 1.807) is 0 Å². The lowest BCUT2D eigenvalue weighted by atomic mass is 10.00. The van der Waals surface area contributed by atoms with Crippen LogP contribution in [0.15, 0.2) is 35.1 Å². The van der Waals surface area contributed by atoms with Gasteiger partial charge in [0.2, 0.25) is 0 Å². The SMILES string of the molecule is CC(c1ccccc1)c1nc2c(c(=O)[nH]1)CCN(C(=O)O)CC2.CCC(C)C. The van der Waals surface area contributed by atoms with E-state index in [2.05, 4.69) is 30.7 Å². The maximum Gasteiger partial charge on any atom is 0.407 e. The molecule has 6 nitrogen and oxygen atoms in total. The Morgan fingerprint density at radius 3 is 2.36 bits per heavy atom. The monoisotopic (exact) mass is 385 g/mol. The van der Waals surface area contributed by atoms with Gasteiger partial charge in [-0.25, -0.2) is 9.78 Å². The molecule has 6 heteroatoms. The number of carbonyl (C=O) groups is 1. The summed E-state index contributed by atoms with van der Waals surface area (Å²) in [6, 6.07) is 9.87. The minimum Gasteiger partial charge on any atom is -0.465 e. The average Bonchev–Trinajstić information content (AvgIpc) is 2.91. The number of hydrogen-bond donors (Lipinski definition) is 2. The first-order valence-corrected chi connectivity index (χ1v) is 9.98. The van der Waals surface area contributed by atoms with Gasteiger partial charge in [0.05, 0.1) is 5.69 Å². The molecule has 1 aliphatic rings. The molecule has 2 aromatic rings. The zero-order chi connectivity index (χ0) is 20.7. The zero-order valence-corrected chi connectivity index (χ0v) is 17.2. The van der Waals surface area contributed by atoms with Crippen LogP contribution in [0.5, 0.6) is 0 Å². The second-order valence-electron chi connectivity index (χ2n) is 7.58. The summed E-state index contributed by atoms with van der Waals surface area (Å²) < 4.78 is 0. The third kappa shape index (κ3) is 5.68. The standard InChI is InChI=1S/C17H19N3O3.C5H12/c1-11(12-5-3-2-4-6-12)15-18-14-8-10-20(17(22)23)9-7-13(14)16(21)19-15;1-4-5(2)3/h2-6,11H,7-10H2,1H3,(H,22,23)(H,18,19,21);5H,4H2,1-3H3. The van der Waals surface area contributed by atoms with E-state index in [1.165, 1.54) is 11.3 Å². The number of hydrogen-bond acceptors (Lipinski definition) is 3. The average molecular weight is 386 g/mol. The van der Waals surface area contributed by atoms with Gasteiger partial charge in [-0.1, -0.05) is 64.4 Å². The van der Waals surface area contributed by atoms with E-state index in [9.17, 15) is 9.59 Å². The van der Waals surface area contributed by atoms with Crippen LogP contribution in [-0.4, -0.2) is 39.2 Å². The van der Waals surface area contributed by atoms with Crippen LogP contribution in [0.1, 0.15) is 62.7 Å². The highest BCUT2D eigenvalue weighted by molar-refractivity contribution is 5.65. The second kappa shape index (κ2) is 10.1. The molecular weight excluding hydrogens is 354 g/mol. The lowest BCUT2D eigenvalue weighted by molar-refractivity contribution is 0.147. The van der Waals surface area contributed by atoms with Crippen molar-refractivity contribution in [2.75, 3.05) is 13.1 Å². The molecular formula is C22H31N3O3. The second-order valence-corrected chi connectivity index (χ2v) is 7.58. The largest absolute Gasteiger partial charge is 0.465 e. The van der Waals surface area contributed by atoms with Gasteiger partial charge >= 0.3 is 6.09 Å². The Hall–Kier alpha value is -2.63. The van der Waals surface area contributed by atoms with E-state index < -0.39 is 6.09 Å². The highest BCUT2D eigenvalue weighted by Gasteiger charge is 2.22. The van der Waals surface area contributed by atoms with Crippen LogP contribution in [-0.2, 0) is 12.8 Å². The van der Waals surface area contributed by atoms with Crippen molar-refractivity contribution in [2.24, 2.45) is 5.92 Å². The van der Waals surface area contributed by atoms with E-state index in [4.69, 9.17) is 5.11 Å². The van der Waals surface area contributed by atoms with Gasteiger partial charge in [0.25, 0.3) is 5.56 Å².